The minimum absolute atomic E-state index is 0.111. The third-order valence-electron chi connectivity index (χ3n) is 4.12. The van der Waals surface area contributed by atoms with Gasteiger partial charge in [-0.3, -0.25) is 9.59 Å². The van der Waals surface area contributed by atoms with Gasteiger partial charge in [-0.05, 0) is 55.5 Å². The molecule has 0 saturated heterocycles. The summed E-state index contributed by atoms with van der Waals surface area (Å²) in [5.74, 6) is 0.334. The molecule has 3 rings (SSSR count). The molecule has 28 heavy (non-hydrogen) atoms. The van der Waals surface area contributed by atoms with Crippen LogP contribution in [-0.2, 0) is 4.79 Å². The van der Waals surface area contributed by atoms with E-state index in [0.717, 1.165) is 0 Å². The van der Waals surface area contributed by atoms with E-state index < -0.39 is 5.91 Å². The molecule has 0 saturated carbocycles. The molecular formula is C22H20N2O4. The molecule has 0 aliphatic rings. The fraction of sp³-hybridized carbons (Fsp3) is 0.0909. The lowest BCUT2D eigenvalue weighted by atomic mass is 10.1. The Morgan fingerprint density at radius 2 is 1.64 bits per heavy atom. The predicted octanol–water partition coefficient (Wildman–Crippen LogP) is 4.09. The van der Waals surface area contributed by atoms with Crippen LogP contribution in [0.5, 0.6) is 5.75 Å². The molecule has 0 aliphatic heterocycles. The average Bonchev–Trinajstić information content (AvgIpc) is 3.27. The van der Waals surface area contributed by atoms with Crippen LogP contribution in [0.2, 0.25) is 0 Å². The number of nitrogens with one attached hydrogen (secondary N) is 2. The molecule has 0 unspecified atom stereocenters. The van der Waals surface area contributed by atoms with Crippen molar-refractivity contribution < 1.29 is 18.7 Å². The Morgan fingerprint density at radius 3 is 2.25 bits per heavy atom. The Kier molecular flexibility index (Phi) is 5.91. The first-order chi connectivity index (χ1) is 13.6. The number of allylic oxidation sites excluding steroid dienone is 1. The molecule has 0 spiro atoms. The van der Waals surface area contributed by atoms with Gasteiger partial charge in [-0.25, -0.2) is 0 Å². The first kappa shape index (κ1) is 19.0. The van der Waals surface area contributed by atoms with Crippen LogP contribution in [0.15, 0.2) is 83.1 Å². The molecule has 3 aromatic rings. The van der Waals surface area contributed by atoms with Gasteiger partial charge in [-0.2, -0.15) is 0 Å². The number of hydrogen-bond donors (Lipinski definition) is 2. The first-order valence-corrected chi connectivity index (χ1v) is 8.65. The molecule has 0 radical (unpaired) electrons. The third kappa shape index (κ3) is 4.48. The summed E-state index contributed by atoms with van der Waals surface area (Å²) in [6.07, 6.45) is 1.51. The number of carbonyl (C=O) groups is 2. The molecule has 2 aromatic carbocycles. The zero-order valence-corrected chi connectivity index (χ0v) is 15.6. The van der Waals surface area contributed by atoms with Gasteiger partial charge in [-0.1, -0.05) is 18.2 Å². The van der Waals surface area contributed by atoms with Crippen LogP contribution in [0, 0.1) is 0 Å². The molecule has 6 nitrogen and oxygen atoms in total. The molecule has 0 aliphatic carbocycles. The van der Waals surface area contributed by atoms with Crippen molar-refractivity contribution >= 4 is 23.1 Å². The summed E-state index contributed by atoms with van der Waals surface area (Å²) in [5.41, 5.74) is 1.65. The maximum Gasteiger partial charge on any atom is 0.272 e. The smallest absolute Gasteiger partial charge is 0.272 e. The quantitative estimate of drug-likeness (QED) is 0.635. The van der Waals surface area contributed by atoms with Gasteiger partial charge >= 0.3 is 0 Å². The van der Waals surface area contributed by atoms with Crippen LogP contribution in [0.25, 0.3) is 5.57 Å². The molecule has 1 heterocycles. The fourth-order valence-electron chi connectivity index (χ4n) is 2.58. The van der Waals surface area contributed by atoms with Gasteiger partial charge in [0.25, 0.3) is 11.8 Å². The predicted molar refractivity (Wildman–Crippen MR) is 107 cm³/mol. The van der Waals surface area contributed by atoms with E-state index in [1.54, 1.807) is 74.7 Å². The maximum atomic E-state index is 12.9. The molecular weight excluding hydrogens is 356 g/mol. The fourth-order valence-corrected chi connectivity index (χ4v) is 2.58. The normalized spacial score (nSPS) is 11.4. The highest BCUT2D eigenvalue weighted by atomic mass is 16.5. The summed E-state index contributed by atoms with van der Waals surface area (Å²) in [6.45, 7) is 1.72. The Bertz CT molecular complexity index is 975. The number of anilines is 1. The molecule has 142 valence electrons. The van der Waals surface area contributed by atoms with Gasteiger partial charge in [0, 0.05) is 16.8 Å². The van der Waals surface area contributed by atoms with Crippen LogP contribution < -0.4 is 15.4 Å². The van der Waals surface area contributed by atoms with Gasteiger partial charge in [-0.15, -0.1) is 0 Å². The van der Waals surface area contributed by atoms with Gasteiger partial charge < -0.3 is 19.8 Å². The van der Waals surface area contributed by atoms with Gasteiger partial charge in [0.1, 0.15) is 17.2 Å². The Labute approximate surface area is 162 Å². The highest BCUT2D eigenvalue weighted by molar-refractivity contribution is 6.12. The summed E-state index contributed by atoms with van der Waals surface area (Å²) in [6, 6.07) is 19.0. The largest absolute Gasteiger partial charge is 0.497 e. The van der Waals surface area contributed by atoms with Crippen molar-refractivity contribution in [2.75, 3.05) is 12.4 Å². The number of furan rings is 1. The van der Waals surface area contributed by atoms with Crippen molar-refractivity contribution in [2.45, 2.75) is 6.92 Å². The van der Waals surface area contributed by atoms with E-state index in [0.29, 0.717) is 28.3 Å². The zero-order valence-electron chi connectivity index (χ0n) is 15.6. The molecule has 2 N–H and O–H groups in total. The SMILES string of the molecule is COc1ccc(NC(=O)/C(NC(=O)c2ccccc2)=C(/C)c2ccco2)cc1. The van der Waals surface area contributed by atoms with E-state index >= 15 is 0 Å². The number of ether oxygens (including phenoxy) is 1. The van der Waals surface area contributed by atoms with E-state index in [1.165, 1.54) is 6.26 Å². The van der Waals surface area contributed by atoms with Gasteiger partial charge in [0.2, 0.25) is 0 Å². The molecule has 1 aromatic heterocycles. The second-order valence-corrected chi connectivity index (χ2v) is 5.98. The third-order valence-corrected chi connectivity index (χ3v) is 4.12. The molecule has 0 atom stereocenters. The standard InChI is InChI=1S/C22H20N2O4/c1-15(19-9-6-14-28-19)20(24-21(25)16-7-4-3-5-8-16)22(26)23-17-10-12-18(27-2)13-11-17/h3-14H,1-2H3,(H,23,26)(H,24,25)/b20-15+. The van der Waals surface area contributed by atoms with E-state index in [-0.39, 0.29) is 11.6 Å². The number of hydrogen-bond acceptors (Lipinski definition) is 4. The van der Waals surface area contributed by atoms with Crippen molar-refractivity contribution in [3.63, 3.8) is 0 Å². The highest BCUT2D eigenvalue weighted by Crippen LogP contribution is 2.20. The number of methoxy groups -OCH3 is 1. The Hall–Kier alpha value is -3.80. The summed E-state index contributed by atoms with van der Waals surface area (Å²) in [7, 11) is 1.57. The highest BCUT2D eigenvalue weighted by Gasteiger charge is 2.19. The average molecular weight is 376 g/mol. The lowest BCUT2D eigenvalue weighted by Gasteiger charge is -2.14. The molecule has 2 amide bonds. The van der Waals surface area contributed by atoms with Crippen molar-refractivity contribution in [1.82, 2.24) is 5.32 Å². The monoisotopic (exact) mass is 376 g/mol. The lowest BCUT2D eigenvalue weighted by molar-refractivity contribution is -0.113. The second-order valence-electron chi connectivity index (χ2n) is 5.98. The maximum absolute atomic E-state index is 12.9. The van der Waals surface area contributed by atoms with E-state index in [4.69, 9.17) is 9.15 Å². The van der Waals surface area contributed by atoms with Gasteiger partial charge in [0.05, 0.1) is 13.4 Å². The molecule has 0 bridgehead atoms. The molecule has 6 heteroatoms. The summed E-state index contributed by atoms with van der Waals surface area (Å²) in [4.78, 5) is 25.5. The summed E-state index contributed by atoms with van der Waals surface area (Å²) < 4.78 is 10.5. The van der Waals surface area contributed by atoms with Crippen LogP contribution in [0.1, 0.15) is 23.0 Å². The number of amides is 2. The van der Waals surface area contributed by atoms with E-state index in [1.807, 2.05) is 6.07 Å². The zero-order chi connectivity index (χ0) is 19.9. The minimum Gasteiger partial charge on any atom is -0.497 e. The van der Waals surface area contributed by atoms with Crippen molar-refractivity contribution in [3.05, 3.63) is 90.0 Å². The molecule has 0 fully saturated rings. The summed E-state index contributed by atoms with van der Waals surface area (Å²) in [5, 5.41) is 5.49. The Balaban J connectivity index is 1.88. The van der Waals surface area contributed by atoms with E-state index in [9.17, 15) is 9.59 Å². The number of rotatable bonds is 6. The van der Waals surface area contributed by atoms with Crippen LogP contribution in [-0.4, -0.2) is 18.9 Å². The first-order valence-electron chi connectivity index (χ1n) is 8.65. The topological polar surface area (TPSA) is 80.6 Å². The second kappa shape index (κ2) is 8.73. The Morgan fingerprint density at radius 1 is 0.929 bits per heavy atom. The van der Waals surface area contributed by atoms with Crippen LogP contribution in [0.3, 0.4) is 0 Å². The van der Waals surface area contributed by atoms with Crippen molar-refractivity contribution in [3.8, 4) is 5.75 Å². The van der Waals surface area contributed by atoms with Crippen LogP contribution in [0.4, 0.5) is 5.69 Å². The summed E-state index contributed by atoms with van der Waals surface area (Å²) >= 11 is 0. The lowest BCUT2D eigenvalue weighted by Crippen LogP contribution is -2.31. The number of benzene rings is 2. The van der Waals surface area contributed by atoms with E-state index in [2.05, 4.69) is 10.6 Å². The van der Waals surface area contributed by atoms with Crippen molar-refractivity contribution in [2.24, 2.45) is 0 Å². The van der Waals surface area contributed by atoms with Gasteiger partial charge in [0.15, 0.2) is 0 Å². The number of carbonyl (C=O) groups excluding carboxylic acids is 2. The minimum atomic E-state index is -0.455. The van der Waals surface area contributed by atoms with Crippen LogP contribution >= 0.6 is 0 Å². The van der Waals surface area contributed by atoms with Crippen molar-refractivity contribution in [1.29, 1.82) is 0 Å².